The van der Waals surface area contributed by atoms with Crippen LogP contribution in [-0.2, 0) is 0 Å². The molecule has 2 N–H and O–H groups in total. The highest BCUT2D eigenvalue weighted by Gasteiger charge is 1.71. The molecule has 0 amide bonds. The van der Waals surface area contributed by atoms with E-state index in [9.17, 15) is 0 Å². The lowest BCUT2D eigenvalue weighted by molar-refractivity contribution is 0.506. The molecule has 0 bridgehead atoms. The normalized spacial score (nSPS) is 9.43. The van der Waals surface area contributed by atoms with Gasteiger partial charge in [0.2, 0.25) is 0 Å². The minimum absolute atomic E-state index is 0.793. The van der Waals surface area contributed by atoms with Gasteiger partial charge in [-0.15, -0.1) is 5.11 Å². The number of hydrazine groups is 1. The van der Waals surface area contributed by atoms with E-state index in [2.05, 4.69) is 29.7 Å². The third-order valence-electron chi connectivity index (χ3n) is 0.225. The zero-order chi connectivity index (χ0) is 5.70. The zero-order valence-corrected chi connectivity index (χ0v) is 4.55. The summed E-state index contributed by atoms with van der Waals surface area (Å²) in [5.41, 5.74) is 0. The van der Waals surface area contributed by atoms with Crippen molar-refractivity contribution >= 4 is 12.8 Å². The van der Waals surface area contributed by atoms with Gasteiger partial charge in [0, 0.05) is 6.20 Å². The van der Waals surface area contributed by atoms with Crippen molar-refractivity contribution in [2.45, 2.75) is 0 Å². The van der Waals surface area contributed by atoms with Crippen molar-refractivity contribution in [3.05, 3.63) is 12.8 Å². The largest absolute Gasteiger partial charge is 0.219 e. The van der Waals surface area contributed by atoms with Crippen LogP contribution in [0.1, 0.15) is 0 Å². The molecule has 7 heavy (non-hydrogen) atoms. The predicted molar refractivity (Wildman–Crippen MR) is 30.1 cm³/mol. The van der Waals surface area contributed by atoms with Gasteiger partial charge < -0.3 is 0 Å². The number of nitrogens with two attached hydrogens (primary N) is 1. The minimum Gasteiger partial charge on any atom is -0.219 e. The van der Waals surface area contributed by atoms with Crippen LogP contribution in [-0.4, -0.2) is 4.52 Å². The summed E-state index contributed by atoms with van der Waals surface area (Å²) in [5, 5.41) is 6.51. The lowest BCUT2D eigenvalue weighted by Crippen LogP contribution is -2.10. The van der Waals surface area contributed by atoms with Crippen molar-refractivity contribution < 1.29 is 0 Å². The molecule has 0 aliphatic heterocycles. The first-order valence-electron chi connectivity index (χ1n) is 1.52. The standard InChI is InChI=1S/C2H6N4S/c1-2-4-5-6(3)7/h2,7H,1,3H2/b5-4-. The van der Waals surface area contributed by atoms with E-state index < -0.39 is 0 Å². The lowest BCUT2D eigenvalue weighted by atomic mass is 11.1. The number of hydrogen-bond acceptors (Lipinski definition) is 4. The Balaban J connectivity index is 3.25. The van der Waals surface area contributed by atoms with Crippen LogP contribution in [0.3, 0.4) is 0 Å². The molecule has 0 aliphatic carbocycles. The lowest BCUT2D eigenvalue weighted by Gasteiger charge is -1.94. The molecule has 0 unspecified atom stereocenters. The second-order valence-corrected chi connectivity index (χ2v) is 1.12. The Hall–Kier alpha value is -0.550. The monoisotopic (exact) mass is 118 g/mol. The minimum atomic E-state index is 0.793. The number of nitrogens with zero attached hydrogens (tertiary/aromatic N) is 3. The van der Waals surface area contributed by atoms with Crippen LogP contribution in [0.5, 0.6) is 0 Å². The van der Waals surface area contributed by atoms with Gasteiger partial charge in [0.1, 0.15) is 0 Å². The van der Waals surface area contributed by atoms with Crippen LogP contribution in [0, 0.1) is 0 Å². The second-order valence-electron chi connectivity index (χ2n) is 0.708. The first-order valence-corrected chi connectivity index (χ1v) is 1.92. The van der Waals surface area contributed by atoms with Gasteiger partial charge in [-0.3, -0.25) is 0 Å². The smallest absolute Gasteiger partial charge is 0.0442 e. The number of rotatable bonds is 2. The molecule has 0 atom stereocenters. The molecule has 0 aliphatic rings. The van der Waals surface area contributed by atoms with Crippen molar-refractivity contribution in [1.29, 1.82) is 0 Å². The van der Waals surface area contributed by atoms with Gasteiger partial charge >= 0.3 is 0 Å². The second kappa shape index (κ2) is 3.63. The fourth-order valence-corrected chi connectivity index (χ4v) is 0.136. The maximum Gasteiger partial charge on any atom is 0.0442 e. The van der Waals surface area contributed by atoms with E-state index in [1.807, 2.05) is 0 Å². The highest BCUT2D eigenvalue weighted by atomic mass is 32.1. The maximum atomic E-state index is 4.87. The van der Waals surface area contributed by atoms with Gasteiger partial charge in [0.15, 0.2) is 0 Å². The van der Waals surface area contributed by atoms with E-state index in [1.54, 1.807) is 0 Å². The van der Waals surface area contributed by atoms with E-state index in [0.29, 0.717) is 0 Å². The molecule has 0 rings (SSSR count). The SMILES string of the molecule is C=C/N=N\N(N)S. The summed E-state index contributed by atoms with van der Waals surface area (Å²) in [6.45, 7) is 3.26. The van der Waals surface area contributed by atoms with Crippen LogP contribution in [0.15, 0.2) is 23.1 Å². The summed E-state index contributed by atoms with van der Waals surface area (Å²) in [7, 11) is 0. The van der Waals surface area contributed by atoms with E-state index in [0.717, 1.165) is 4.52 Å². The number of thiol groups is 1. The summed E-state index contributed by atoms with van der Waals surface area (Å²) in [6, 6.07) is 0. The summed E-state index contributed by atoms with van der Waals surface area (Å²) in [6.07, 6.45) is 1.26. The molecular weight excluding hydrogens is 112 g/mol. The van der Waals surface area contributed by atoms with E-state index >= 15 is 0 Å². The molecule has 0 heterocycles. The molecule has 5 heteroatoms. The van der Waals surface area contributed by atoms with Gasteiger partial charge in [0.05, 0.1) is 0 Å². The molecule has 0 saturated carbocycles. The average Bonchev–Trinajstić information content (AvgIpc) is 1.61. The third kappa shape index (κ3) is 5.45. The van der Waals surface area contributed by atoms with Crippen LogP contribution >= 0.6 is 12.8 Å². The molecular formula is C2H6N4S. The zero-order valence-electron chi connectivity index (χ0n) is 3.65. The molecule has 0 aromatic rings. The Morgan fingerprint density at radius 1 is 1.86 bits per heavy atom. The molecule has 4 nitrogen and oxygen atoms in total. The molecule has 0 aromatic heterocycles. The predicted octanol–water partition coefficient (Wildman–Crippen LogP) is 0.518. The average molecular weight is 118 g/mol. The Morgan fingerprint density at radius 3 is 2.57 bits per heavy atom. The Kier molecular flexibility index (Phi) is 3.35. The van der Waals surface area contributed by atoms with Crippen LogP contribution in [0.25, 0.3) is 0 Å². The Labute approximate surface area is 47.2 Å². The summed E-state index contributed by atoms with van der Waals surface area (Å²) >= 11 is 3.54. The van der Waals surface area contributed by atoms with Crippen LogP contribution in [0.2, 0.25) is 0 Å². The summed E-state index contributed by atoms with van der Waals surface area (Å²) in [4.78, 5) is 0. The topological polar surface area (TPSA) is 54.0 Å². The Morgan fingerprint density at radius 2 is 2.43 bits per heavy atom. The van der Waals surface area contributed by atoms with Gasteiger partial charge in [0.25, 0.3) is 0 Å². The molecule has 0 spiro atoms. The third-order valence-corrected chi connectivity index (χ3v) is 0.305. The van der Waals surface area contributed by atoms with E-state index in [1.165, 1.54) is 6.20 Å². The maximum absolute atomic E-state index is 4.87. The van der Waals surface area contributed by atoms with E-state index in [4.69, 9.17) is 5.84 Å². The van der Waals surface area contributed by atoms with Crippen molar-refractivity contribution in [2.24, 2.45) is 16.2 Å². The fourth-order valence-electron chi connectivity index (χ4n) is 0.0894. The summed E-state index contributed by atoms with van der Waals surface area (Å²) in [5.74, 6) is 4.87. The van der Waals surface area contributed by atoms with Crippen LogP contribution < -0.4 is 5.84 Å². The van der Waals surface area contributed by atoms with Crippen molar-refractivity contribution in [3.63, 3.8) is 0 Å². The van der Waals surface area contributed by atoms with Crippen LogP contribution in [0.4, 0.5) is 0 Å². The van der Waals surface area contributed by atoms with Crippen molar-refractivity contribution in [2.75, 3.05) is 0 Å². The molecule has 0 fully saturated rings. The van der Waals surface area contributed by atoms with Gasteiger partial charge in [-0.2, -0.15) is 4.52 Å². The number of hydrogen-bond donors (Lipinski definition) is 2. The first kappa shape index (κ1) is 6.45. The van der Waals surface area contributed by atoms with Crippen molar-refractivity contribution in [3.8, 4) is 0 Å². The molecule has 0 aromatic carbocycles. The van der Waals surface area contributed by atoms with Gasteiger partial charge in [-0.25, -0.2) is 5.84 Å². The quantitative estimate of drug-likeness (QED) is 0.240. The first-order chi connectivity index (χ1) is 3.27. The van der Waals surface area contributed by atoms with Gasteiger partial charge in [-0.1, -0.05) is 6.58 Å². The molecule has 40 valence electrons. The summed E-state index contributed by atoms with van der Waals surface area (Å²) < 4.78 is 0.793. The highest BCUT2D eigenvalue weighted by Crippen LogP contribution is 1.82. The Bertz CT molecular complexity index is 77.8. The van der Waals surface area contributed by atoms with Crippen molar-refractivity contribution in [1.82, 2.24) is 4.52 Å². The molecule has 0 radical (unpaired) electrons. The highest BCUT2D eigenvalue weighted by molar-refractivity contribution is 7.77. The molecule has 0 saturated heterocycles. The fraction of sp³-hybridized carbons (Fsp3) is 0. The van der Waals surface area contributed by atoms with Gasteiger partial charge in [-0.05, 0) is 18.0 Å². The van der Waals surface area contributed by atoms with E-state index in [-0.39, 0.29) is 0 Å².